The van der Waals surface area contributed by atoms with Gasteiger partial charge in [-0.1, -0.05) is 25.7 Å². The van der Waals surface area contributed by atoms with Gasteiger partial charge in [-0.2, -0.15) is 5.10 Å². The number of rotatable bonds is 4. The van der Waals surface area contributed by atoms with Gasteiger partial charge in [0.05, 0.1) is 17.8 Å². The van der Waals surface area contributed by atoms with Gasteiger partial charge >= 0.3 is 0 Å². The minimum absolute atomic E-state index is 0. The van der Waals surface area contributed by atoms with Gasteiger partial charge < -0.3 is 16.0 Å². The molecular formula is C16H26ClN5O2. The number of aromatic nitrogens is 2. The highest BCUT2D eigenvalue weighted by molar-refractivity contribution is 6.00. The number of nitrogens with one attached hydrogen (secondary N) is 2. The summed E-state index contributed by atoms with van der Waals surface area (Å²) >= 11 is 0. The van der Waals surface area contributed by atoms with Crippen LogP contribution in [0.15, 0.2) is 12.4 Å². The summed E-state index contributed by atoms with van der Waals surface area (Å²) in [4.78, 5) is 26.1. The van der Waals surface area contributed by atoms with Crippen molar-refractivity contribution in [3.8, 4) is 0 Å². The first-order chi connectivity index (χ1) is 11.1. The molecule has 1 saturated carbocycles. The van der Waals surface area contributed by atoms with Crippen molar-refractivity contribution in [1.82, 2.24) is 15.5 Å². The van der Waals surface area contributed by atoms with Crippen molar-refractivity contribution in [3.63, 3.8) is 0 Å². The molecule has 1 atom stereocenters. The van der Waals surface area contributed by atoms with Gasteiger partial charge in [-0.3, -0.25) is 14.7 Å². The average molecular weight is 356 g/mol. The summed E-state index contributed by atoms with van der Waals surface area (Å²) in [6, 6.07) is 0. The van der Waals surface area contributed by atoms with Crippen molar-refractivity contribution in [2.45, 2.75) is 50.5 Å². The van der Waals surface area contributed by atoms with Gasteiger partial charge in [0.15, 0.2) is 0 Å². The Hall–Kier alpha value is -1.60. The molecule has 8 heteroatoms. The number of halogens is 1. The van der Waals surface area contributed by atoms with Crippen LogP contribution in [0.5, 0.6) is 0 Å². The minimum Gasteiger partial charge on any atom is -0.354 e. The predicted octanol–water partition coefficient (Wildman–Crippen LogP) is 1.35. The van der Waals surface area contributed by atoms with Crippen LogP contribution in [0, 0.1) is 5.92 Å². The Labute approximate surface area is 148 Å². The second kappa shape index (κ2) is 7.98. The van der Waals surface area contributed by atoms with E-state index < -0.39 is 0 Å². The van der Waals surface area contributed by atoms with Crippen molar-refractivity contribution in [2.24, 2.45) is 11.7 Å². The third-order valence-corrected chi connectivity index (χ3v) is 5.01. The molecular weight excluding hydrogens is 330 g/mol. The van der Waals surface area contributed by atoms with Gasteiger partial charge in [0, 0.05) is 31.2 Å². The normalized spacial score (nSPS) is 23.5. The number of amides is 2. The van der Waals surface area contributed by atoms with Crippen LogP contribution in [0.2, 0.25) is 0 Å². The van der Waals surface area contributed by atoms with Crippen LogP contribution < -0.4 is 16.0 Å². The van der Waals surface area contributed by atoms with Gasteiger partial charge in [0.25, 0.3) is 0 Å². The molecule has 2 fully saturated rings. The molecule has 0 aromatic carbocycles. The number of anilines is 1. The Morgan fingerprint density at radius 3 is 2.71 bits per heavy atom. The number of aromatic amines is 1. The van der Waals surface area contributed by atoms with E-state index in [1.807, 2.05) is 0 Å². The van der Waals surface area contributed by atoms with Gasteiger partial charge in [-0.05, 0) is 12.8 Å². The lowest BCUT2D eigenvalue weighted by molar-refractivity contribution is -0.126. The fraction of sp³-hybridized carbons (Fsp3) is 0.688. The summed E-state index contributed by atoms with van der Waals surface area (Å²) in [5.74, 6) is -0.423. The van der Waals surface area contributed by atoms with Crippen molar-refractivity contribution < 1.29 is 9.59 Å². The highest BCUT2D eigenvalue weighted by Gasteiger charge is 2.36. The van der Waals surface area contributed by atoms with Crippen LogP contribution in [-0.2, 0) is 9.59 Å². The standard InChI is InChI=1S/C16H25N5O2.ClH/c17-16(5-3-1-2-4-6-16)11-18-15(23)12-7-14(22)21(10-12)13-8-19-20-9-13;/h8-9,12H,1-7,10-11,17H2,(H,18,23)(H,19,20);1H. The summed E-state index contributed by atoms with van der Waals surface area (Å²) < 4.78 is 0. The Balaban J connectivity index is 0.00000208. The minimum atomic E-state index is -0.313. The van der Waals surface area contributed by atoms with Crippen LogP contribution in [0.4, 0.5) is 5.69 Å². The summed E-state index contributed by atoms with van der Waals surface area (Å²) in [6.07, 6.45) is 10.1. The van der Waals surface area contributed by atoms with E-state index in [9.17, 15) is 9.59 Å². The summed E-state index contributed by atoms with van der Waals surface area (Å²) in [7, 11) is 0. The summed E-state index contributed by atoms with van der Waals surface area (Å²) in [5, 5.41) is 9.52. The number of nitrogens with two attached hydrogens (primary N) is 1. The van der Waals surface area contributed by atoms with Crippen molar-refractivity contribution in [1.29, 1.82) is 0 Å². The SMILES string of the molecule is Cl.NC1(CNC(=O)C2CC(=O)N(c3cn[nH]c3)C2)CCCCCC1. The van der Waals surface area contributed by atoms with Gasteiger partial charge in [0.1, 0.15) is 0 Å². The zero-order valence-corrected chi connectivity index (χ0v) is 14.6. The Morgan fingerprint density at radius 1 is 1.38 bits per heavy atom. The van der Waals surface area contributed by atoms with E-state index in [1.165, 1.54) is 12.8 Å². The van der Waals surface area contributed by atoms with Gasteiger partial charge in [-0.25, -0.2) is 0 Å². The van der Waals surface area contributed by atoms with Crippen LogP contribution in [0.25, 0.3) is 0 Å². The Kier molecular flexibility index (Phi) is 6.23. The molecule has 0 radical (unpaired) electrons. The fourth-order valence-electron chi connectivity index (χ4n) is 3.54. The lowest BCUT2D eigenvalue weighted by atomic mass is 9.91. The van der Waals surface area contributed by atoms with E-state index in [2.05, 4.69) is 15.5 Å². The summed E-state index contributed by atoms with van der Waals surface area (Å²) in [6.45, 7) is 0.907. The predicted molar refractivity (Wildman–Crippen MR) is 93.9 cm³/mol. The lowest BCUT2D eigenvalue weighted by Gasteiger charge is -2.28. The van der Waals surface area contributed by atoms with Crippen molar-refractivity contribution in [2.75, 3.05) is 18.0 Å². The zero-order chi connectivity index (χ0) is 16.3. The molecule has 7 nitrogen and oxygen atoms in total. The molecule has 1 aromatic heterocycles. The smallest absolute Gasteiger partial charge is 0.227 e. The molecule has 24 heavy (non-hydrogen) atoms. The number of carbonyl (C=O) groups is 2. The molecule has 0 spiro atoms. The number of hydrogen-bond donors (Lipinski definition) is 3. The fourth-order valence-corrected chi connectivity index (χ4v) is 3.54. The third-order valence-electron chi connectivity index (χ3n) is 5.01. The summed E-state index contributed by atoms with van der Waals surface area (Å²) in [5.41, 5.74) is 6.85. The molecule has 134 valence electrons. The molecule has 1 unspecified atom stereocenters. The molecule has 1 aliphatic carbocycles. The van der Waals surface area contributed by atoms with E-state index in [1.54, 1.807) is 17.3 Å². The maximum Gasteiger partial charge on any atom is 0.227 e. The van der Waals surface area contributed by atoms with Crippen LogP contribution in [-0.4, -0.2) is 40.6 Å². The molecule has 1 aliphatic heterocycles. The first kappa shape index (κ1) is 18.7. The van der Waals surface area contributed by atoms with Gasteiger partial charge in [-0.15, -0.1) is 12.4 Å². The van der Waals surface area contributed by atoms with Crippen molar-refractivity contribution >= 4 is 29.9 Å². The molecule has 2 heterocycles. The Bertz CT molecular complexity index is 555. The van der Waals surface area contributed by atoms with Crippen LogP contribution >= 0.6 is 12.4 Å². The van der Waals surface area contributed by atoms with Crippen LogP contribution in [0.3, 0.4) is 0 Å². The number of H-pyrrole nitrogens is 1. The Morgan fingerprint density at radius 2 is 2.08 bits per heavy atom. The number of hydrogen-bond acceptors (Lipinski definition) is 4. The highest BCUT2D eigenvalue weighted by Crippen LogP contribution is 2.26. The monoisotopic (exact) mass is 355 g/mol. The van der Waals surface area contributed by atoms with E-state index in [-0.39, 0.29) is 42.1 Å². The zero-order valence-electron chi connectivity index (χ0n) is 13.8. The number of carbonyl (C=O) groups excluding carboxylic acids is 2. The maximum absolute atomic E-state index is 12.4. The van der Waals surface area contributed by atoms with E-state index in [4.69, 9.17) is 5.73 Å². The first-order valence-corrected chi connectivity index (χ1v) is 8.43. The first-order valence-electron chi connectivity index (χ1n) is 8.43. The molecule has 1 saturated heterocycles. The number of nitrogens with zero attached hydrogens (tertiary/aromatic N) is 2. The second-order valence-electron chi connectivity index (χ2n) is 6.86. The topological polar surface area (TPSA) is 104 Å². The molecule has 4 N–H and O–H groups in total. The highest BCUT2D eigenvalue weighted by atomic mass is 35.5. The molecule has 1 aromatic rings. The molecule has 2 aliphatic rings. The average Bonchev–Trinajstić information content (AvgIpc) is 3.13. The van der Waals surface area contributed by atoms with Gasteiger partial charge in [0.2, 0.25) is 11.8 Å². The second-order valence-corrected chi connectivity index (χ2v) is 6.86. The van der Waals surface area contributed by atoms with E-state index in [0.717, 1.165) is 25.7 Å². The van der Waals surface area contributed by atoms with E-state index in [0.29, 0.717) is 18.8 Å². The third kappa shape index (κ3) is 4.27. The largest absolute Gasteiger partial charge is 0.354 e. The lowest BCUT2D eigenvalue weighted by Crippen LogP contribution is -2.51. The van der Waals surface area contributed by atoms with E-state index >= 15 is 0 Å². The molecule has 0 bridgehead atoms. The maximum atomic E-state index is 12.4. The van der Waals surface area contributed by atoms with Crippen LogP contribution in [0.1, 0.15) is 44.9 Å². The quantitative estimate of drug-likeness (QED) is 0.709. The molecule has 2 amide bonds. The molecule has 3 rings (SSSR count). The van der Waals surface area contributed by atoms with Crippen molar-refractivity contribution in [3.05, 3.63) is 12.4 Å².